The van der Waals surface area contributed by atoms with Crippen LogP contribution < -0.4 is 10.6 Å². The largest absolute Gasteiger partial charge is 0.480 e. The molecule has 1 heterocycles. The maximum absolute atomic E-state index is 12.2. The standard InChI is InChI=1S/C17H29N3O4/c1-12(2)10-18-16(24)20-8-3-5-13(11-20)9-14(21)19-17(15(22)23)6-4-7-17/h12-13H,3-11H2,1-2H3,(H,18,24)(H,19,21)(H,22,23). The topological polar surface area (TPSA) is 98.7 Å². The number of carbonyl (C=O) groups excluding carboxylic acids is 2. The molecule has 0 aromatic heterocycles. The molecule has 1 aliphatic carbocycles. The van der Waals surface area contributed by atoms with Gasteiger partial charge in [0, 0.05) is 26.1 Å². The first-order valence-corrected chi connectivity index (χ1v) is 8.89. The van der Waals surface area contributed by atoms with Gasteiger partial charge in [0.05, 0.1) is 0 Å². The minimum atomic E-state index is -1.06. The number of nitrogens with one attached hydrogen (secondary N) is 2. The smallest absolute Gasteiger partial charge is 0.329 e. The fourth-order valence-electron chi connectivity index (χ4n) is 3.32. The van der Waals surface area contributed by atoms with Crippen molar-refractivity contribution >= 4 is 17.9 Å². The number of hydrogen-bond acceptors (Lipinski definition) is 3. The maximum Gasteiger partial charge on any atom is 0.329 e. The quantitative estimate of drug-likeness (QED) is 0.684. The molecule has 2 aliphatic rings. The number of rotatable bonds is 6. The number of piperidine rings is 1. The Balaban J connectivity index is 1.81. The lowest BCUT2D eigenvalue weighted by Gasteiger charge is -2.39. The maximum atomic E-state index is 12.2. The molecule has 0 aromatic carbocycles. The number of nitrogens with zero attached hydrogens (tertiary/aromatic N) is 1. The lowest BCUT2D eigenvalue weighted by atomic mass is 9.76. The molecule has 0 aromatic rings. The van der Waals surface area contributed by atoms with Gasteiger partial charge in [-0.2, -0.15) is 0 Å². The highest BCUT2D eigenvalue weighted by Gasteiger charge is 2.45. The number of carbonyl (C=O) groups is 3. The molecule has 1 saturated carbocycles. The third kappa shape index (κ3) is 4.61. The van der Waals surface area contributed by atoms with Gasteiger partial charge in [0.1, 0.15) is 5.54 Å². The molecule has 0 spiro atoms. The third-order valence-corrected chi connectivity index (χ3v) is 4.94. The Kier molecular flexibility index (Phi) is 6.07. The van der Waals surface area contributed by atoms with E-state index in [0.717, 1.165) is 19.3 Å². The second-order valence-electron chi connectivity index (χ2n) is 7.53. The Labute approximate surface area is 143 Å². The third-order valence-electron chi connectivity index (χ3n) is 4.94. The molecule has 1 aliphatic heterocycles. The molecule has 0 bridgehead atoms. The predicted molar refractivity (Wildman–Crippen MR) is 89.5 cm³/mol. The van der Waals surface area contributed by atoms with Crippen LogP contribution in [0.3, 0.4) is 0 Å². The van der Waals surface area contributed by atoms with Crippen molar-refractivity contribution in [2.75, 3.05) is 19.6 Å². The van der Waals surface area contributed by atoms with Crippen LogP contribution in [-0.4, -0.2) is 53.1 Å². The number of carboxylic acid groups (broad SMARTS) is 1. The van der Waals surface area contributed by atoms with Crippen LogP contribution in [-0.2, 0) is 9.59 Å². The van der Waals surface area contributed by atoms with E-state index in [1.807, 2.05) is 13.8 Å². The second-order valence-corrected chi connectivity index (χ2v) is 7.53. The van der Waals surface area contributed by atoms with E-state index in [1.165, 1.54) is 0 Å². The summed E-state index contributed by atoms with van der Waals surface area (Å²) >= 11 is 0. The lowest BCUT2D eigenvalue weighted by molar-refractivity contribution is -0.152. The van der Waals surface area contributed by atoms with Crippen molar-refractivity contribution < 1.29 is 19.5 Å². The first-order chi connectivity index (χ1) is 11.3. The van der Waals surface area contributed by atoms with Crippen LogP contribution in [0.15, 0.2) is 0 Å². The van der Waals surface area contributed by atoms with E-state index < -0.39 is 11.5 Å². The lowest BCUT2D eigenvalue weighted by Crippen LogP contribution is -2.59. The SMILES string of the molecule is CC(C)CNC(=O)N1CCCC(CC(=O)NC2(C(=O)O)CCC2)C1. The van der Waals surface area contributed by atoms with Gasteiger partial charge in [-0.05, 0) is 43.9 Å². The zero-order valence-electron chi connectivity index (χ0n) is 14.6. The van der Waals surface area contributed by atoms with Crippen LogP contribution in [0.4, 0.5) is 4.79 Å². The fraction of sp³-hybridized carbons (Fsp3) is 0.824. The Bertz CT molecular complexity index is 488. The van der Waals surface area contributed by atoms with E-state index in [9.17, 15) is 19.5 Å². The van der Waals surface area contributed by atoms with Crippen LogP contribution in [0.25, 0.3) is 0 Å². The Morgan fingerprint density at radius 3 is 2.50 bits per heavy atom. The molecule has 3 amide bonds. The summed E-state index contributed by atoms with van der Waals surface area (Å²) in [4.78, 5) is 37.5. The fourth-order valence-corrected chi connectivity index (χ4v) is 3.32. The average Bonchev–Trinajstić information content (AvgIpc) is 2.48. The van der Waals surface area contributed by atoms with E-state index in [1.54, 1.807) is 4.90 Å². The zero-order chi connectivity index (χ0) is 17.7. The van der Waals surface area contributed by atoms with E-state index in [2.05, 4.69) is 10.6 Å². The van der Waals surface area contributed by atoms with Gasteiger partial charge in [0.2, 0.25) is 5.91 Å². The molecule has 3 N–H and O–H groups in total. The highest BCUT2D eigenvalue weighted by atomic mass is 16.4. The van der Waals surface area contributed by atoms with Gasteiger partial charge in [0.25, 0.3) is 0 Å². The van der Waals surface area contributed by atoms with Gasteiger partial charge in [-0.3, -0.25) is 4.79 Å². The monoisotopic (exact) mass is 339 g/mol. The van der Waals surface area contributed by atoms with Crippen molar-refractivity contribution in [3.05, 3.63) is 0 Å². The number of amides is 3. The molecule has 1 saturated heterocycles. The van der Waals surface area contributed by atoms with E-state index >= 15 is 0 Å². The van der Waals surface area contributed by atoms with Crippen molar-refractivity contribution in [2.45, 2.75) is 57.9 Å². The molecule has 136 valence electrons. The average molecular weight is 339 g/mol. The number of carboxylic acids is 1. The van der Waals surface area contributed by atoms with Crippen molar-refractivity contribution in [3.63, 3.8) is 0 Å². The number of hydrogen-bond donors (Lipinski definition) is 3. The summed E-state index contributed by atoms with van der Waals surface area (Å²) in [6.07, 6.45) is 3.88. The minimum absolute atomic E-state index is 0.0743. The summed E-state index contributed by atoms with van der Waals surface area (Å²) in [6, 6.07) is -0.0743. The summed E-state index contributed by atoms with van der Waals surface area (Å²) in [7, 11) is 0. The predicted octanol–water partition coefficient (Wildman–Crippen LogP) is 1.58. The highest BCUT2D eigenvalue weighted by Crippen LogP contribution is 2.32. The molecular formula is C17H29N3O4. The van der Waals surface area contributed by atoms with E-state index in [-0.39, 0.29) is 24.3 Å². The van der Waals surface area contributed by atoms with Gasteiger partial charge in [-0.25, -0.2) is 9.59 Å². The van der Waals surface area contributed by atoms with Crippen LogP contribution in [0.2, 0.25) is 0 Å². The first-order valence-electron chi connectivity index (χ1n) is 8.89. The van der Waals surface area contributed by atoms with Gasteiger partial charge in [0.15, 0.2) is 0 Å². The van der Waals surface area contributed by atoms with Crippen LogP contribution >= 0.6 is 0 Å². The molecule has 1 atom stereocenters. The molecule has 7 heteroatoms. The number of urea groups is 1. The van der Waals surface area contributed by atoms with Crippen LogP contribution in [0, 0.1) is 11.8 Å². The van der Waals surface area contributed by atoms with Gasteiger partial charge in [-0.15, -0.1) is 0 Å². The summed E-state index contributed by atoms with van der Waals surface area (Å²) in [5, 5.41) is 14.9. The number of likely N-dealkylation sites (tertiary alicyclic amines) is 1. The van der Waals surface area contributed by atoms with Crippen molar-refractivity contribution in [2.24, 2.45) is 11.8 Å². The van der Waals surface area contributed by atoms with E-state index in [4.69, 9.17) is 0 Å². The van der Waals surface area contributed by atoms with E-state index in [0.29, 0.717) is 38.4 Å². The first kappa shape index (κ1) is 18.5. The van der Waals surface area contributed by atoms with Gasteiger partial charge < -0.3 is 20.6 Å². The molecule has 2 fully saturated rings. The molecule has 24 heavy (non-hydrogen) atoms. The summed E-state index contributed by atoms with van der Waals surface area (Å²) in [6.45, 7) is 5.99. The Hall–Kier alpha value is -1.79. The van der Waals surface area contributed by atoms with Crippen LogP contribution in [0.5, 0.6) is 0 Å². The highest BCUT2D eigenvalue weighted by molar-refractivity contribution is 5.88. The van der Waals surface area contributed by atoms with Crippen molar-refractivity contribution in [3.8, 4) is 0 Å². The van der Waals surface area contributed by atoms with Crippen LogP contribution in [0.1, 0.15) is 52.4 Å². The Morgan fingerprint density at radius 1 is 1.25 bits per heavy atom. The minimum Gasteiger partial charge on any atom is -0.480 e. The summed E-state index contributed by atoms with van der Waals surface area (Å²) in [5.74, 6) is -0.670. The van der Waals surface area contributed by atoms with Gasteiger partial charge >= 0.3 is 12.0 Å². The number of aliphatic carboxylic acids is 1. The Morgan fingerprint density at radius 2 is 1.96 bits per heavy atom. The van der Waals surface area contributed by atoms with Crippen molar-refractivity contribution in [1.29, 1.82) is 0 Å². The molecule has 2 rings (SSSR count). The molecule has 1 unspecified atom stereocenters. The van der Waals surface area contributed by atoms with Crippen molar-refractivity contribution in [1.82, 2.24) is 15.5 Å². The van der Waals surface area contributed by atoms with Gasteiger partial charge in [-0.1, -0.05) is 13.8 Å². The summed E-state index contributed by atoms with van der Waals surface area (Å²) < 4.78 is 0. The summed E-state index contributed by atoms with van der Waals surface area (Å²) in [5.41, 5.74) is -1.06. The normalized spacial score (nSPS) is 22.6. The molecular weight excluding hydrogens is 310 g/mol. The molecule has 0 radical (unpaired) electrons. The molecule has 7 nitrogen and oxygen atoms in total. The second kappa shape index (κ2) is 7.85. The zero-order valence-corrected chi connectivity index (χ0v) is 14.6.